The number of benzene rings is 1. The van der Waals surface area contributed by atoms with Gasteiger partial charge < -0.3 is 0 Å². The molecule has 0 heterocycles. The molecule has 0 saturated heterocycles. The second kappa shape index (κ2) is 6.61. The highest BCUT2D eigenvalue weighted by Gasteiger charge is 2.30. The molecule has 18 heavy (non-hydrogen) atoms. The topological polar surface area (TPSA) is 17.1 Å². The molecule has 0 saturated carbocycles. The Hall–Kier alpha value is -0.490. The minimum Gasteiger partial charge on any atom is -0.298 e. The van der Waals surface area contributed by atoms with Gasteiger partial charge >= 0.3 is 5.51 Å². The molecule has 1 nitrogen and oxygen atoms in total. The Bertz CT molecular complexity index is 432. The maximum absolute atomic E-state index is 12.4. The van der Waals surface area contributed by atoms with Crippen LogP contribution in [0.2, 0.25) is 0 Å². The van der Waals surface area contributed by atoms with Crippen molar-refractivity contribution < 1.29 is 18.0 Å². The molecule has 0 aliphatic rings. The van der Waals surface area contributed by atoms with Crippen LogP contribution in [0.5, 0.6) is 0 Å². The first kappa shape index (κ1) is 15.6. The zero-order valence-corrected chi connectivity index (χ0v) is 12.1. The fourth-order valence-electron chi connectivity index (χ4n) is 1.47. The molecule has 1 aromatic rings. The van der Waals surface area contributed by atoms with E-state index in [-0.39, 0.29) is 34.2 Å². The van der Waals surface area contributed by atoms with Gasteiger partial charge in [0.1, 0.15) is 5.78 Å². The Morgan fingerprint density at radius 2 is 2.06 bits per heavy atom. The summed E-state index contributed by atoms with van der Waals surface area (Å²) >= 11 is 2.85. The van der Waals surface area contributed by atoms with Gasteiger partial charge in [-0.05, 0) is 35.4 Å². The van der Waals surface area contributed by atoms with E-state index in [9.17, 15) is 18.0 Å². The summed E-state index contributed by atoms with van der Waals surface area (Å²) in [4.78, 5) is 11.5. The molecule has 0 amide bonds. The van der Waals surface area contributed by atoms with Crippen molar-refractivity contribution in [3.8, 4) is 0 Å². The lowest BCUT2D eigenvalue weighted by atomic mass is 10.0. The van der Waals surface area contributed by atoms with Crippen LogP contribution in [0.3, 0.4) is 0 Å². The van der Waals surface area contributed by atoms with E-state index in [2.05, 4.69) is 15.9 Å². The van der Waals surface area contributed by atoms with Crippen molar-refractivity contribution in [3.05, 3.63) is 29.3 Å². The summed E-state index contributed by atoms with van der Waals surface area (Å²) in [6.07, 6.45) is 0.754. The smallest absolute Gasteiger partial charge is 0.298 e. The van der Waals surface area contributed by atoms with Crippen LogP contribution in [-0.4, -0.2) is 16.6 Å². The monoisotopic (exact) mass is 340 g/mol. The van der Waals surface area contributed by atoms with Crippen LogP contribution in [0.15, 0.2) is 23.1 Å². The average molecular weight is 341 g/mol. The second-order valence-electron chi connectivity index (χ2n) is 3.69. The number of hydrogen-bond acceptors (Lipinski definition) is 2. The molecule has 0 N–H and O–H groups in total. The van der Waals surface area contributed by atoms with Gasteiger partial charge in [-0.2, -0.15) is 13.2 Å². The maximum atomic E-state index is 12.4. The number of halogens is 4. The average Bonchev–Trinajstić information content (AvgIpc) is 2.29. The molecule has 6 heteroatoms. The van der Waals surface area contributed by atoms with Gasteiger partial charge in [0.2, 0.25) is 0 Å². The Kier molecular flexibility index (Phi) is 5.72. The highest BCUT2D eigenvalue weighted by molar-refractivity contribution is 9.09. The number of carbonyl (C=O) groups excluding carboxylic acids is 1. The molecule has 0 unspecified atom stereocenters. The lowest BCUT2D eigenvalue weighted by molar-refractivity contribution is -0.115. The number of thioether (sulfide) groups is 1. The van der Waals surface area contributed by atoms with Gasteiger partial charge in [0, 0.05) is 11.3 Å². The van der Waals surface area contributed by atoms with E-state index < -0.39 is 5.51 Å². The lowest BCUT2D eigenvalue weighted by Crippen LogP contribution is -2.07. The van der Waals surface area contributed by atoms with Crippen molar-refractivity contribution in [1.29, 1.82) is 0 Å². The number of aryl methyl sites for hydroxylation is 1. The lowest BCUT2D eigenvalue weighted by Gasteiger charge is -2.12. The number of hydrogen-bond donors (Lipinski definition) is 0. The number of Topliss-reactive ketones (excluding diaryl/α,β-unsaturated/α-hetero) is 1. The quantitative estimate of drug-likeness (QED) is 0.584. The summed E-state index contributed by atoms with van der Waals surface area (Å²) < 4.78 is 37.2. The standard InChI is InChI=1S/C12H12BrF3OS/c1-2-8-3-4-11(18-12(14,15)16)9(5-8)6-10(17)7-13/h3-5H,2,6-7H2,1H3. The minimum atomic E-state index is -4.33. The van der Waals surface area contributed by atoms with Gasteiger partial charge in [-0.25, -0.2) is 0 Å². The van der Waals surface area contributed by atoms with Gasteiger partial charge in [0.25, 0.3) is 0 Å². The summed E-state index contributed by atoms with van der Waals surface area (Å²) in [6.45, 7) is 1.92. The van der Waals surface area contributed by atoms with Crippen molar-refractivity contribution >= 4 is 33.5 Å². The summed E-state index contributed by atoms with van der Waals surface area (Å²) in [6, 6.07) is 4.78. The first-order valence-electron chi connectivity index (χ1n) is 5.31. The van der Waals surface area contributed by atoms with Gasteiger partial charge in [0.05, 0.1) is 5.33 Å². The van der Waals surface area contributed by atoms with Crippen molar-refractivity contribution in [2.45, 2.75) is 30.2 Å². The highest BCUT2D eigenvalue weighted by Crippen LogP contribution is 2.39. The van der Waals surface area contributed by atoms with E-state index in [4.69, 9.17) is 0 Å². The third-order valence-corrected chi connectivity index (χ3v) is 3.77. The van der Waals surface area contributed by atoms with Crippen molar-refractivity contribution in [3.63, 3.8) is 0 Å². The highest BCUT2D eigenvalue weighted by atomic mass is 79.9. The van der Waals surface area contributed by atoms with Crippen LogP contribution in [0.4, 0.5) is 13.2 Å². The number of rotatable bonds is 5. The third kappa shape index (κ3) is 5.02. The first-order chi connectivity index (χ1) is 8.35. The Morgan fingerprint density at radius 1 is 1.39 bits per heavy atom. The minimum absolute atomic E-state index is 0.0253. The number of alkyl halides is 4. The zero-order chi connectivity index (χ0) is 13.8. The first-order valence-corrected chi connectivity index (χ1v) is 7.24. The molecule has 1 rings (SSSR count). The molecule has 0 aliphatic carbocycles. The Morgan fingerprint density at radius 3 is 2.56 bits per heavy atom. The van der Waals surface area contributed by atoms with Crippen LogP contribution in [0, 0.1) is 0 Å². The zero-order valence-electron chi connectivity index (χ0n) is 9.68. The number of carbonyl (C=O) groups is 1. The SMILES string of the molecule is CCc1ccc(SC(F)(F)F)c(CC(=O)CBr)c1. The molecule has 0 bridgehead atoms. The van der Waals surface area contributed by atoms with Crippen molar-refractivity contribution in [1.82, 2.24) is 0 Å². The van der Waals surface area contributed by atoms with Gasteiger partial charge in [-0.1, -0.05) is 35.0 Å². The largest absolute Gasteiger partial charge is 0.446 e. The van der Waals surface area contributed by atoms with E-state index in [0.717, 1.165) is 12.0 Å². The summed E-state index contributed by atoms with van der Waals surface area (Å²) in [5.74, 6) is -0.132. The predicted octanol–water partition coefficient (Wildman–Crippen LogP) is 4.37. The van der Waals surface area contributed by atoms with Crippen LogP contribution in [0.25, 0.3) is 0 Å². The molecule has 0 radical (unpaired) electrons. The van der Waals surface area contributed by atoms with Gasteiger partial charge in [-0.3, -0.25) is 4.79 Å². The maximum Gasteiger partial charge on any atom is 0.446 e. The molecule has 100 valence electrons. The van der Waals surface area contributed by atoms with Crippen LogP contribution < -0.4 is 0 Å². The summed E-state index contributed by atoms with van der Waals surface area (Å²) in [5.41, 5.74) is -2.96. The second-order valence-corrected chi connectivity index (χ2v) is 5.36. The van der Waals surface area contributed by atoms with Gasteiger partial charge in [-0.15, -0.1) is 0 Å². The van der Waals surface area contributed by atoms with Crippen LogP contribution in [-0.2, 0) is 17.6 Å². The van der Waals surface area contributed by atoms with E-state index in [1.165, 1.54) is 6.07 Å². The summed E-state index contributed by atoms with van der Waals surface area (Å²) in [7, 11) is 0. The Labute approximate surface area is 116 Å². The Balaban J connectivity index is 3.04. The molecule has 0 spiro atoms. The van der Waals surface area contributed by atoms with E-state index in [0.29, 0.717) is 5.56 Å². The van der Waals surface area contributed by atoms with E-state index in [1.54, 1.807) is 12.1 Å². The van der Waals surface area contributed by atoms with Crippen molar-refractivity contribution in [2.24, 2.45) is 0 Å². The van der Waals surface area contributed by atoms with Gasteiger partial charge in [0.15, 0.2) is 0 Å². The third-order valence-electron chi connectivity index (χ3n) is 2.30. The molecule has 0 atom stereocenters. The predicted molar refractivity (Wildman–Crippen MR) is 70.2 cm³/mol. The van der Waals surface area contributed by atoms with Crippen LogP contribution >= 0.6 is 27.7 Å². The summed E-state index contributed by atoms with van der Waals surface area (Å²) in [5, 5.41) is 0.152. The van der Waals surface area contributed by atoms with E-state index in [1.807, 2.05) is 6.92 Å². The normalized spacial score (nSPS) is 11.6. The molecule has 0 aromatic heterocycles. The molecular formula is C12H12BrF3OS. The number of ketones is 1. The molecule has 1 aromatic carbocycles. The molecule has 0 aliphatic heterocycles. The van der Waals surface area contributed by atoms with Crippen LogP contribution in [0.1, 0.15) is 18.1 Å². The fraction of sp³-hybridized carbons (Fsp3) is 0.417. The molecular weight excluding hydrogens is 329 g/mol. The van der Waals surface area contributed by atoms with Crippen molar-refractivity contribution in [2.75, 3.05) is 5.33 Å². The molecule has 0 fully saturated rings. The fourth-order valence-corrected chi connectivity index (χ4v) is 2.32. The van der Waals surface area contributed by atoms with E-state index >= 15 is 0 Å².